The van der Waals surface area contributed by atoms with E-state index >= 15 is 0 Å². The van der Waals surface area contributed by atoms with E-state index in [0.717, 1.165) is 37.9 Å². The zero-order valence-corrected chi connectivity index (χ0v) is 17.4. The number of halogens is 1. The molecule has 2 aliphatic heterocycles. The Balaban J connectivity index is 0.00000225. The number of rotatable bonds is 3. The van der Waals surface area contributed by atoms with Gasteiger partial charge in [-0.15, -0.1) is 12.4 Å². The van der Waals surface area contributed by atoms with Gasteiger partial charge in [0.05, 0.1) is 0 Å². The second-order valence-corrected chi connectivity index (χ2v) is 8.31. The highest BCUT2D eigenvalue weighted by molar-refractivity contribution is 5.85. The minimum Gasteiger partial charge on any atom is -0.339 e. The van der Waals surface area contributed by atoms with Gasteiger partial charge in [-0.25, -0.2) is 4.79 Å². The van der Waals surface area contributed by atoms with Gasteiger partial charge in [0.2, 0.25) is 5.91 Å². The monoisotopic (exact) mass is 406 g/mol. The number of nitrogens with one attached hydrogen (secondary N) is 1. The Bertz CT molecular complexity index is 685. The number of carbonyl (C=O) groups excluding carboxylic acids is 2. The number of hydrogen-bond donors (Lipinski definition) is 1. The van der Waals surface area contributed by atoms with Crippen molar-refractivity contribution >= 4 is 24.3 Å². The van der Waals surface area contributed by atoms with Gasteiger partial charge >= 0.3 is 6.03 Å². The smallest absolute Gasteiger partial charge is 0.320 e. The van der Waals surface area contributed by atoms with Crippen LogP contribution in [0.2, 0.25) is 0 Å². The average Bonchev–Trinajstić information content (AvgIpc) is 3.40. The average molecular weight is 407 g/mol. The molecule has 3 fully saturated rings. The lowest BCUT2D eigenvalue weighted by Crippen LogP contribution is -2.53. The van der Waals surface area contributed by atoms with E-state index in [9.17, 15) is 9.59 Å². The van der Waals surface area contributed by atoms with Crippen LogP contribution in [0.4, 0.5) is 4.79 Å². The fourth-order valence-corrected chi connectivity index (χ4v) is 4.68. The van der Waals surface area contributed by atoms with E-state index in [2.05, 4.69) is 5.32 Å². The lowest BCUT2D eigenvalue weighted by atomic mass is 9.91. The van der Waals surface area contributed by atoms with Crippen LogP contribution in [0.1, 0.15) is 24.8 Å². The van der Waals surface area contributed by atoms with E-state index in [-0.39, 0.29) is 29.8 Å². The number of piperidine rings is 1. The van der Waals surface area contributed by atoms with Gasteiger partial charge in [-0.3, -0.25) is 4.79 Å². The second kappa shape index (κ2) is 8.70. The Morgan fingerprint density at radius 1 is 1.07 bits per heavy atom. The molecule has 1 aromatic carbocycles. The SMILES string of the molecule is CN(Cc1ccccc1)C(=O)N1CCN(C(=O)C2CC23CCNCC3)CC1.Cl. The summed E-state index contributed by atoms with van der Waals surface area (Å²) in [6.07, 6.45) is 3.32. The molecule has 154 valence electrons. The number of nitrogens with zero attached hydrogens (tertiary/aromatic N) is 3. The van der Waals surface area contributed by atoms with Gasteiger partial charge in [0.1, 0.15) is 0 Å². The summed E-state index contributed by atoms with van der Waals surface area (Å²) in [5.74, 6) is 0.546. The first kappa shape index (κ1) is 20.9. The number of piperazine rings is 1. The predicted octanol–water partition coefficient (Wildman–Crippen LogP) is 2.19. The molecule has 2 heterocycles. The van der Waals surface area contributed by atoms with Crippen molar-refractivity contribution in [1.29, 1.82) is 0 Å². The Hall–Kier alpha value is -1.79. The molecule has 1 unspecified atom stereocenters. The number of carbonyl (C=O) groups is 2. The van der Waals surface area contributed by atoms with Gasteiger partial charge in [-0.2, -0.15) is 0 Å². The maximum atomic E-state index is 12.9. The zero-order valence-electron chi connectivity index (χ0n) is 16.6. The van der Waals surface area contributed by atoms with Crippen molar-refractivity contribution in [3.05, 3.63) is 35.9 Å². The summed E-state index contributed by atoms with van der Waals surface area (Å²) in [6.45, 7) is 5.27. The highest BCUT2D eigenvalue weighted by Crippen LogP contribution is 2.59. The van der Waals surface area contributed by atoms with Gasteiger partial charge in [-0.1, -0.05) is 30.3 Å². The van der Waals surface area contributed by atoms with Crippen LogP contribution in [0.5, 0.6) is 0 Å². The Kier molecular flexibility index (Phi) is 6.50. The van der Waals surface area contributed by atoms with Crippen LogP contribution in [0, 0.1) is 11.3 Å². The summed E-state index contributed by atoms with van der Waals surface area (Å²) in [5, 5.41) is 3.39. The molecule has 3 aliphatic rings. The fraction of sp³-hybridized carbons (Fsp3) is 0.619. The van der Waals surface area contributed by atoms with E-state index in [1.807, 2.05) is 47.2 Å². The molecule has 1 atom stereocenters. The summed E-state index contributed by atoms with van der Waals surface area (Å²) in [6, 6.07) is 10.1. The number of benzene rings is 1. The summed E-state index contributed by atoms with van der Waals surface area (Å²) < 4.78 is 0. The largest absolute Gasteiger partial charge is 0.339 e. The molecule has 0 aromatic heterocycles. The van der Waals surface area contributed by atoms with Crippen molar-refractivity contribution in [3.63, 3.8) is 0 Å². The molecule has 1 aliphatic carbocycles. The topological polar surface area (TPSA) is 55.9 Å². The van der Waals surface area contributed by atoms with Crippen LogP contribution in [-0.2, 0) is 11.3 Å². The fourth-order valence-electron chi connectivity index (χ4n) is 4.68. The lowest BCUT2D eigenvalue weighted by Gasteiger charge is -2.37. The zero-order chi connectivity index (χ0) is 18.9. The maximum absolute atomic E-state index is 12.9. The highest BCUT2D eigenvalue weighted by atomic mass is 35.5. The number of urea groups is 1. The molecule has 1 spiro atoms. The van der Waals surface area contributed by atoms with Crippen molar-refractivity contribution in [1.82, 2.24) is 20.0 Å². The van der Waals surface area contributed by atoms with Crippen LogP contribution in [0.15, 0.2) is 30.3 Å². The third-order valence-corrected chi connectivity index (χ3v) is 6.54. The normalized spacial score (nSPS) is 23.1. The number of hydrogen-bond acceptors (Lipinski definition) is 3. The van der Waals surface area contributed by atoms with Crippen molar-refractivity contribution in [2.75, 3.05) is 46.3 Å². The van der Waals surface area contributed by atoms with Crippen LogP contribution >= 0.6 is 12.4 Å². The third kappa shape index (κ3) is 4.28. The van der Waals surface area contributed by atoms with Crippen molar-refractivity contribution in [3.8, 4) is 0 Å². The minimum absolute atomic E-state index is 0. The van der Waals surface area contributed by atoms with Crippen LogP contribution in [-0.4, -0.2) is 73.0 Å². The van der Waals surface area contributed by atoms with E-state index in [1.54, 1.807) is 4.90 Å². The standard InChI is InChI=1S/C21H30N4O2.ClH/c1-23(16-17-5-3-2-4-6-17)20(27)25-13-11-24(12-14-25)19(26)18-15-21(18)7-9-22-10-8-21;/h2-6,18,22H,7-16H2,1H3;1H. The van der Waals surface area contributed by atoms with E-state index < -0.39 is 0 Å². The Morgan fingerprint density at radius 2 is 1.68 bits per heavy atom. The van der Waals surface area contributed by atoms with Gasteiger partial charge < -0.3 is 20.0 Å². The third-order valence-electron chi connectivity index (χ3n) is 6.54. The molecule has 1 N–H and O–H groups in total. The van der Waals surface area contributed by atoms with E-state index in [1.165, 1.54) is 0 Å². The molecule has 3 amide bonds. The molecule has 0 radical (unpaired) electrons. The molecule has 1 aromatic rings. The molecule has 0 bridgehead atoms. The van der Waals surface area contributed by atoms with Crippen molar-refractivity contribution in [2.45, 2.75) is 25.8 Å². The quantitative estimate of drug-likeness (QED) is 0.837. The summed E-state index contributed by atoms with van der Waals surface area (Å²) in [7, 11) is 1.85. The molecular formula is C21H31ClN4O2. The molecule has 2 saturated heterocycles. The summed E-state index contributed by atoms with van der Waals surface area (Å²) in [5.41, 5.74) is 1.41. The first-order valence-electron chi connectivity index (χ1n) is 10.1. The molecule has 6 nitrogen and oxygen atoms in total. The van der Waals surface area contributed by atoms with Gasteiger partial charge in [0.15, 0.2) is 0 Å². The van der Waals surface area contributed by atoms with Crippen molar-refractivity contribution in [2.24, 2.45) is 11.3 Å². The van der Waals surface area contributed by atoms with Gasteiger partial charge in [-0.05, 0) is 43.3 Å². The summed E-state index contributed by atoms with van der Waals surface area (Å²) in [4.78, 5) is 31.2. The first-order chi connectivity index (χ1) is 13.1. The van der Waals surface area contributed by atoms with Crippen molar-refractivity contribution < 1.29 is 9.59 Å². The first-order valence-corrected chi connectivity index (χ1v) is 10.1. The van der Waals surface area contributed by atoms with Gasteiger partial charge in [0, 0.05) is 45.7 Å². The van der Waals surface area contributed by atoms with Gasteiger partial charge in [0.25, 0.3) is 0 Å². The molecule has 28 heavy (non-hydrogen) atoms. The van der Waals surface area contributed by atoms with Crippen LogP contribution in [0.25, 0.3) is 0 Å². The molecule has 4 rings (SSSR count). The lowest BCUT2D eigenvalue weighted by molar-refractivity contribution is -0.135. The highest BCUT2D eigenvalue weighted by Gasteiger charge is 2.58. The minimum atomic E-state index is 0. The molecule has 1 saturated carbocycles. The second-order valence-electron chi connectivity index (χ2n) is 8.31. The van der Waals surface area contributed by atoms with Crippen LogP contribution in [0.3, 0.4) is 0 Å². The molecule has 7 heteroatoms. The Labute approximate surface area is 173 Å². The van der Waals surface area contributed by atoms with E-state index in [4.69, 9.17) is 0 Å². The van der Waals surface area contributed by atoms with Crippen LogP contribution < -0.4 is 5.32 Å². The molecular weight excluding hydrogens is 376 g/mol. The maximum Gasteiger partial charge on any atom is 0.320 e. The number of amides is 3. The summed E-state index contributed by atoms with van der Waals surface area (Å²) >= 11 is 0. The predicted molar refractivity (Wildman–Crippen MR) is 111 cm³/mol. The van der Waals surface area contributed by atoms with E-state index in [0.29, 0.717) is 38.6 Å². The Morgan fingerprint density at radius 3 is 2.32 bits per heavy atom.